The smallest absolute Gasteiger partial charge is 0.256 e. The molecule has 1 saturated carbocycles. The van der Waals surface area contributed by atoms with E-state index in [2.05, 4.69) is 37.0 Å². The Morgan fingerprint density at radius 1 is 1.16 bits per heavy atom. The maximum Gasteiger partial charge on any atom is 0.256 e. The number of pyridine rings is 1. The molecule has 1 aliphatic carbocycles. The molecule has 1 fully saturated rings. The van der Waals surface area contributed by atoms with Crippen molar-refractivity contribution in [3.63, 3.8) is 0 Å². The summed E-state index contributed by atoms with van der Waals surface area (Å²) in [4.78, 5) is 38.0. The minimum Gasteiger partial charge on any atom is -0.382 e. The van der Waals surface area contributed by atoms with Gasteiger partial charge >= 0.3 is 0 Å². The summed E-state index contributed by atoms with van der Waals surface area (Å²) in [6.45, 7) is 2.78. The number of rotatable bonds is 11. The summed E-state index contributed by atoms with van der Waals surface area (Å²) in [5.41, 5.74) is 10.1. The maximum atomic E-state index is 12.7. The molecule has 11 nitrogen and oxygen atoms in total. The van der Waals surface area contributed by atoms with E-state index in [1.165, 1.54) is 25.1 Å². The quantitative estimate of drug-likeness (QED) is 0.191. The molecule has 0 bridgehead atoms. The topological polar surface area (TPSA) is 163 Å². The number of nitrogens with two attached hydrogens (primary N) is 1. The Labute approximate surface area is 250 Å². The summed E-state index contributed by atoms with van der Waals surface area (Å²) < 4.78 is 1.89. The lowest BCUT2D eigenvalue weighted by atomic mass is 10.1. The van der Waals surface area contributed by atoms with Crippen LogP contribution in [0.5, 0.6) is 0 Å². The Hall–Kier alpha value is -5.08. The van der Waals surface area contributed by atoms with Crippen LogP contribution in [-0.2, 0) is 4.79 Å². The number of hydrogen-bond donors (Lipinski definition) is 4. The van der Waals surface area contributed by atoms with Crippen molar-refractivity contribution in [2.75, 3.05) is 17.6 Å². The number of nitrogens with one attached hydrogen (secondary N) is 3. The van der Waals surface area contributed by atoms with Gasteiger partial charge in [0.05, 0.1) is 29.2 Å². The molecule has 11 heteroatoms. The molecule has 43 heavy (non-hydrogen) atoms. The van der Waals surface area contributed by atoms with Gasteiger partial charge in [0.1, 0.15) is 23.5 Å². The van der Waals surface area contributed by atoms with Crippen molar-refractivity contribution in [3.8, 4) is 17.3 Å². The minimum atomic E-state index is -0.339. The molecule has 3 heterocycles. The zero-order valence-electron chi connectivity index (χ0n) is 24.1. The van der Waals surface area contributed by atoms with E-state index < -0.39 is 0 Å². The van der Waals surface area contributed by atoms with Crippen LogP contribution in [0, 0.1) is 11.3 Å². The Bertz CT molecular complexity index is 1660. The SMILES string of the molecule is CC(CC(=O)NC1CCCC1)NCC/C=C/c1cnc(N)c2c(-c3ccc(C(=O)Nc4cc(C#N)ccn4)cc3)ncn12. The Kier molecular flexibility index (Phi) is 9.39. The lowest BCUT2D eigenvalue weighted by Gasteiger charge is -2.16. The molecule has 5 rings (SSSR count). The van der Waals surface area contributed by atoms with Gasteiger partial charge in [-0.2, -0.15) is 5.26 Å². The zero-order valence-corrected chi connectivity index (χ0v) is 24.1. The summed E-state index contributed by atoms with van der Waals surface area (Å²) in [5, 5.41) is 18.3. The highest BCUT2D eigenvalue weighted by Gasteiger charge is 2.18. The van der Waals surface area contributed by atoms with Crippen molar-refractivity contribution in [1.29, 1.82) is 5.26 Å². The van der Waals surface area contributed by atoms with Crippen LogP contribution in [0.1, 0.15) is 67.1 Å². The van der Waals surface area contributed by atoms with Crippen LogP contribution in [0.2, 0.25) is 0 Å². The highest BCUT2D eigenvalue weighted by atomic mass is 16.2. The summed E-state index contributed by atoms with van der Waals surface area (Å²) in [6, 6.07) is 12.6. The van der Waals surface area contributed by atoms with E-state index in [1.807, 2.05) is 23.5 Å². The zero-order chi connectivity index (χ0) is 30.2. The van der Waals surface area contributed by atoms with E-state index in [1.54, 1.807) is 42.9 Å². The van der Waals surface area contributed by atoms with E-state index in [-0.39, 0.29) is 17.9 Å². The molecule has 0 radical (unpaired) electrons. The molecule has 5 N–H and O–H groups in total. The molecular weight excluding hydrogens is 542 g/mol. The van der Waals surface area contributed by atoms with Gasteiger partial charge in [-0.05, 0) is 63.1 Å². The van der Waals surface area contributed by atoms with Crippen LogP contribution in [0.3, 0.4) is 0 Å². The fraction of sp³-hybridized carbons (Fsp3) is 0.312. The number of nitrogens with zero attached hydrogens (tertiary/aromatic N) is 5. The van der Waals surface area contributed by atoms with E-state index in [4.69, 9.17) is 11.0 Å². The van der Waals surface area contributed by atoms with Gasteiger partial charge in [-0.1, -0.05) is 31.1 Å². The molecule has 3 aromatic heterocycles. The largest absolute Gasteiger partial charge is 0.382 e. The Balaban J connectivity index is 1.19. The summed E-state index contributed by atoms with van der Waals surface area (Å²) in [6.07, 6.45) is 14.8. The number of carbonyl (C=O) groups is 2. The van der Waals surface area contributed by atoms with E-state index in [0.29, 0.717) is 46.4 Å². The normalized spacial score (nSPS) is 14.1. The van der Waals surface area contributed by atoms with Crippen molar-refractivity contribution < 1.29 is 9.59 Å². The first-order chi connectivity index (χ1) is 20.9. The number of nitrogen functional groups attached to an aromatic ring is 1. The highest BCUT2D eigenvalue weighted by molar-refractivity contribution is 6.04. The predicted octanol–water partition coefficient (Wildman–Crippen LogP) is 4.33. The third-order valence-electron chi connectivity index (χ3n) is 7.48. The number of anilines is 2. The molecular formula is C32H35N9O2. The van der Waals surface area contributed by atoms with Gasteiger partial charge in [-0.3, -0.25) is 14.0 Å². The average Bonchev–Trinajstić information content (AvgIpc) is 3.69. The standard InChI is InChI=1S/C32H35N9O2/c1-21(16-28(42)39-25-6-2-3-7-25)35-14-5-4-8-26-19-37-31(34)30-29(38-20-41(26)30)23-9-11-24(12-10-23)32(43)40-27-17-22(18-33)13-15-36-27/h4,8-13,15,17,19-21,25,35H,2-3,5-7,14,16H2,1H3,(H2,34,37)(H,39,42)(H,36,40,43)/b8-4+. The average molecular weight is 578 g/mol. The number of nitriles is 1. The molecule has 1 aliphatic rings. The van der Waals surface area contributed by atoms with E-state index in [9.17, 15) is 9.59 Å². The lowest BCUT2D eigenvalue weighted by Crippen LogP contribution is -2.38. The number of aromatic nitrogens is 4. The van der Waals surface area contributed by atoms with Gasteiger partial charge < -0.3 is 21.7 Å². The van der Waals surface area contributed by atoms with Crippen molar-refractivity contribution in [2.24, 2.45) is 0 Å². The molecule has 0 aliphatic heterocycles. The minimum absolute atomic E-state index is 0.0970. The number of benzene rings is 1. The van der Waals surface area contributed by atoms with Gasteiger partial charge in [0.15, 0.2) is 0 Å². The molecule has 0 saturated heterocycles. The van der Waals surface area contributed by atoms with Gasteiger partial charge in [-0.15, -0.1) is 0 Å². The van der Waals surface area contributed by atoms with Crippen molar-refractivity contribution >= 4 is 35.0 Å². The van der Waals surface area contributed by atoms with Crippen LogP contribution >= 0.6 is 0 Å². The number of amides is 2. The summed E-state index contributed by atoms with van der Waals surface area (Å²) >= 11 is 0. The molecule has 1 unspecified atom stereocenters. The second-order valence-corrected chi connectivity index (χ2v) is 10.8. The first kappa shape index (κ1) is 29.4. The summed E-state index contributed by atoms with van der Waals surface area (Å²) in [7, 11) is 0. The highest BCUT2D eigenvalue weighted by Crippen LogP contribution is 2.28. The fourth-order valence-electron chi connectivity index (χ4n) is 5.24. The molecule has 220 valence electrons. The Morgan fingerprint density at radius 2 is 1.95 bits per heavy atom. The molecule has 4 aromatic rings. The second kappa shape index (κ2) is 13.7. The predicted molar refractivity (Wildman–Crippen MR) is 166 cm³/mol. The lowest BCUT2D eigenvalue weighted by molar-refractivity contribution is -0.122. The summed E-state index contributed by atoms with van der Waals surface area (Å²) in [5.74, 6) is 0.432. The van der Waals surface area contributed by atoms with Gasteiger partial charge in [0, 0.05) is 35.8 Å². The van der Waals surface area contributed by atoms with Gasteiger partial charge in [0.25, 0.3) is 5.91 Å². The number of hydrogen-bond acceptors (Lipinski definition) is 8. The molecule has 1 aromatic carbocycles. The van der Waals surface area contributed by atoms with Crippen LogP contribution in [-0.4, -0.2) is 49.8 Å². The van der Waals surface area contributed by atoms with Crippen LogP contribution in [0.25, 0.3) is 22.9 Å². The van der Waals surface area contributed by atoms with Crippen molar-refractivity contribution in [1.82, 2.24) is 30.0 Å². The maximum absolute atomic E-state index is 12.7. The monoisotopic (exact) mass is 577 g/mol. The number of fused-ring (bicyclic) bond motifs is 1. The number of imidazole rings is 1. The third-order valence-corrected chi connectivity index (χ3v) is 7.48. The van der Waals surface area contributed by atoms with E-state index in [0.717, 1.165) is 37.1 Å². The molecule has 2 amide bonds. The van der Waals surface area contributed by atoms with Crippen LogP contribution in [0.15, 0.2) is 61.2 Å². The van der Waals surface area contributed by atoms with E-state index >= 15 is 0 Å². The molecule has 0 spiro atoms. The third kappa shape index (κ3) is 7.42. The van der Waals surface area contributed by atoms with Gasteiger partial charge in [-0.25, -0.2) is 15.0 Å². The second-order valence-electron chi connectivity index (χ2n) is 10.8. The van der Waals surface area contributed by atoms with Crippen LogP contribution in [0.4, 0.5) is 11.6 Å². The Morgan fingerprint density at radius 3 is 2.72 bits per heavy atom. The fourth-order valence-corrected chi connectivity index (χ4v) is 5.24. The first-order valence-electron chi connectivity index (χ1n) is 14.5. The van der Waals surface area contributed by atoms with Crippen molar-refractivity contribution in [2.45, 2.75) is 57.5 Å². The van der Waals surface area contributed by atoms with Crippen LogP contribution < -0.4 is 21.7 Å². The van der Waals surface area contributed by atoms with Crippen molar-refractivity contribution in [3.05, 3.63) is 78.0 Å². The number of carbonyl (C=O) groups excluding carboxylic acids is 2. The van der Waals surface area contributed by atoms with Gasteiger partial charge in [0.2, 0.25) is 5.91 Å². The molecule has 1 atom stereocenters. The first-order valence-corrected chi connectivity index (χ1v) is 14.5.